The molecule has 0 heterocycles. The summed E-state index contributed by atoms with van der Waals surface area (Å²) in [5, 5.41) is 13.0. The second-order valence-corrected chi connectivity index (χ2v) is 4.75. The lowest BCUT2D eigenvalue weighted by molar-refractivity contribution is 0.340. The van der Waals surface area contributed by atoms with E-state index in [1.54, 1.807) is 13.2 Å². The average Bonchev–Trinajstić information content (AvgIpc) is 2.50. The summed E-state index contributed by atoms with van der Waals surface area (Å²) in [6.45, 7) is 4.69. The molecule has 0 aliphatic carbocycles. The van der Waals surface area contributed by atoms with Crippen LogP contribution in [-0.4, -0.2) is 18.8 Å². The summed E-state index contributed by atoms with van der Waals surface area (Å²) < 4.78 is 10.6. The quantitative estimate of drug-likeness (QED) is 0.844. The second-order valence-electron chi connectivity index (χ2n) is 4.75. The summed E-state index contributed by atoms with van der Waals surface area (Å²) in [5.74, 6) is 1.49. The van der Waals surface area contributed by atoms with Gasteiger partial charge in [0.15, 0.2) is 11.5 Å². The van der Waals surface area contributed by atoms with Crippen molar-refractivity contribution >= 4 is 5.69 Å². The Kier molecular flexibility index (Phi) is 4.93. The first-order valence-electron chi connectivity index (χ1n) is 7.00. The molecule has 4 nitrogen and oxygen atoms in total. The van der Waals surface area contributed by atoms with Crippen LogP contribution in [0.5, 0.6) is 17.2 Å². The monoisotopic (exact) mass is 287 g/mol. The van der Waals surface area contributed by atoms with Gasteiger partial charge in [-0.05, 0) is 55.8 Å². The standard InChI is InChI=1S/C17H21NO3/c1-4-21-15-8-6-14(7-9-15)18-12(2)13-5-10-16(19)17(11-13)20-3/h5-12,18-19H,4H2,1-3H3. The van der Waals surface area contributed by atoms with E-state index in [0.717, 1.165) is 17.0 Å². The number of hydrogen-bond acceptors (Lipinski definition) is 4. The number of methoxy groups -OCH3 is 1. The minimum absolute atomic E-state index is 0.0949. The second kappa shape index (κ2) is 6.88. The smallest absolute Gasteiger partial charge is 0.160 e. The van der Waals surface area contributed by atoms with Gasteiger partial charge in [0.05, 0.1) is 13.7 Å². The average molecular weight is 287 g/mol. The predicted molar refractivity (Wildman–Crippen MR) is 84.3 cm³/mol. The zero-order valence-corrected chi connectivity index (χ0v) is 12.6. The van der Waals surface area contributed by atoms with Crippen molar-refractivity contribution in [1.29, 1.82) is 0 Å². The number of nitrogens with one attached hydrogen (secondary N) is 1. The van der Waals surface area contributed by atoms with Gasteiger partial charge in [-0.3, -0.25) is 0 Å². The largest absolute Gasteiger partial charge is 0.504 e. The van der Waals surface area contributed by atoms with E-state index in [1.165, 1.54) is 0 Å². The molecule has 0 spiro atoms. The molecule has 1 atom stereocenters. The third-order valence-corrected chi connectivity index (χ3v) is 3.25. The number of phenolic OH excluding ortho intramolecular Hbond substituents is 1. The minimum atomic E-state index is 0.0949. The van der Waals surface area contributed by atoms with Crippen molar-refractivity contribution < 1.29 is 14.6 Å². The van der Waals surface area contributed by atoms with E-state index in [0.29, 0.717) is 12.4 Å². The molecule has 112 valence electrons. The third kappa shape index (κ3) is 3.81. The lowest BCUT2D eigenvalue weighted by atomic mass is 10.1. The van der Waals surface area contributed by atoms with E-state index in [4.69, 9.17) is 9.47 Å². The molecule has 2 rings (SSSR count). The van der Waals surface area contributed by atoms with Gasteiger partial charge >= 0.3 is 0 Å². The first-order chi connectivity index (χ1) is 10.1. The van der Waals surface area contributed by atoms with Crippen molar-refractivity contribution in [3.8, 4) is 17.2 Å². The molecule has 1 unspecified atom stereocenters. The topological polar surface area (TPSA) is 50.7 Å². The Morgan fingerprint density at radius 2 is 1.86 bits per heavy atom. The van der Waals surface area contributed by atoms with Crippen LogP contribution < -0.4 is 14.8 Å². The molecule has 0 aliphatic heterocycles. The SMILES string of the molecule is CCOc1ccc(NC(C)c2ccc(O)c(OC)c2)cc1. The Balaban J connectivity index is 2.08. The number of anilines is 1. The van der Waals surface area contributed by atoms with Crippen LogP contribution in [0.3, 0.4) is 0 Å². The van der Waals surface area contributed by atoms with E-state index in [2.05, 4.69) is 12.2 Å². The molecule has 0 radical (unpaired) electrons. The highest BCUT2D eigenvalue weighted by Crippen LogP contribution is 2.30. The van der Waals surface area contributed by atoms with Crippen LogP contribution in [0.1, 0.15) is 25.5 Å². The van der Waals surface area contributed by atoms with E-state index in [1.807, 2.05) is 43.3 Å². The Bertz CT molecular complexity index is 581. The van der Waals surface area contributed by atoms with Gasteiger partial charge < -0.3 is 19.9 Å². The molecule has 0 amide bonds. The summed E-state index contributed by atoms with van der Waals surface area (Å²) in [7, 11) is 1.55. The number of aromatic hydroxyl groups is 1. The molecule has 0 bridgehead atoms. The number of ether oxygens (including phenoxy) is 2. The highest BCUT2D eigenvalue weighted by atomic mass is 16.5. The maximum Gasteiger partial charge on any atom is 0.160 e. The summed E-state index contributed by atoms with van der Waals surface area (Å²) in [5.41, 5.74) is 2.05. The molecule has 2 aromatic rings. The Hall–Kier alpha value is -2.36. The lowest BCUT2D eigenvalue weighted by Crippen LogP contribution is -2.06. The van der Waals surface area contributed by atoms with Crippen molar-refractivity contribution in [3.63, 3.8) is 0 Å². The van der Waals surface area contributed by atoms with Crippen LogP contribution in [0, 0.1) is 0 Å². The summed E-state index contributed by atoms with van der Waals surface area (Å²) in [4.78, 5) is 0. The number of rotatable bonds is 6. The maximum atomic E-state index is 9.63. The molecule has 2 aromatic carbocycles. The molecule has 0 aromatic heterocycles. The van der Waals surface area contributed by atoms with Crippen molar-refractivity contribution in [2.45, 2.75) is 19.9 Å². The summed E-state index contributed by atoms with van der Waals surface area (Å²) >= 11 is 0. The number of hydrogen-bond donors (Lipinski definition) is 2. The lowest BCUT2D eigenvalue weighted by Gasteiger charge is -2.17. The van der Waals surface area contributed by atoms with Crippen LogP contribution >= 0.6 is 0 Å². The molecule has 0 aliphatic rings. The fourth-order valence-electron chi connectivity index (χ4n) is 2.11. The van der Waals surface area contributed by atoms with E-state index >= 15 is 0 Å². The molecule has 0 saturated heterocycles. The summed E-state index contributed by atoms with van der Waals surface area (Å²) in [6, 6.07) is 13.3. The van der Waals surface area contributed by atoms with Gasteiger partial charge in [-0.25, -0.2) is 0 Å². The van der Waals surface area contributed by atoms with Gasteiger partial charge in [-0.1, -0.05) is 6.07 Å². The van der Waals surface area contributed by atoms with Crippen molar-refractivity contribution in [1.82, 2.24) is 0 Å². The first-order valence-corrected chi connectivity index (χ1v) is 7.00. The van der Waals surface area contributed by atoms with Gasteiger partial charge in [0.1, 0.15) is 5.75 Å². The zero-order valence-electron chi connectivity index (χ0n) is 12.6. The van der Waals surface area contributed by atoms with Crippen LogP contribution in [0.4, 0.5) is 5.69 Å². The van der Waals surface area contributed by atoms with Crippen LogP contribution in [0.15, 0.2) is 42.5 Å². The first kappa shape index (κ1) is 15.0. The van der Waals surface area contributed by atoms with Crippen LogP contribution in [-0.2, 0) is 0 Å². The summed E-state index contributed by atoms with van der Waals surface area (Å²) in [6.07, 6.45) is 0. The molecule has 2 N–H and O–H groups in total. The van der Waals surface area contributed by atoms with Gasteiger partial charge in [0.25, 0.3) is 0 Å². The van der Waals surface area contributed by atoms with Crippen LogP contribution in [0.2, 0.25) is 0 Å². The highest BCUT2D eigenvalue weighted by Gasteiger charge is 2.09. The molecule has 4 heteroatoms. The molecule has 0 saturated carbocycles. The van der Waals surface area contributed by atoms with Gasteiger partial charge in [-0.15, -0.1) is 0 Å². The van der Waals surface area contributed by atoms with Crippen molar-refractivity contribution in [3.05, 3.63) is 48.0 Å². The highest BCUT2D eigenvalue weighted by molar-refractivity contribution is 5.50. The Morgan fingerprint density at radius 3 is 2.48 bits per heavy atom. The van der Waals surface area contributed by atoms with E-state index < -0.39 is 0 Å². The van der Waals surface area contributed by atoms with Gasteiger partial charge in [0, 0.05) is 11.7 Å². The maximum absolute atomic E-state index is 9.63. The molecule has 0 fully saturated rings. The fourth-order valence-corrected chi connectivity index (χ4v) is 2.11. The van der Waals surface area contributed by atoms with E-state index in [-0.39, 0.29) is 11.8 Å². The third-order valence-electron chi connectivity index (χ3n) is 3.25. The number of phenols is 1. The zero-order chi connectivity index (χ0) is 15.2. The van der Waals surface area contributed by atoms with Crippen LogP contribution in [0.25, 0.3) is 0 Å². The normalized spacial score (nSPS) is 11.8. The number of benzene rings is 2. The van der Waals surface area contributed by atoms with Gasteiger partial charge in [0.2, 0.25) is 0 Å². The van der Waals surface area contributed by atoms with Gasteiger partial charge in [-0.2, -0.15) is 0 Å². The molecule has 21 heavy (non-hydrogen) atoms. The molecular weight excluding hydrogens is 266 g/mol. The van der Waals surface area contributed by atoms with Crippen molar-refractivity contribution in [2.24, 2.45) is 0 Å². The Labute approximate surface area is 125 Å². The van der Waals surface area contributed by atoms with Crippen molar-refractivity contribution in [2.75, 3.05) is 19.0 Å². The predicted octanol–water partition coefficient (Wildman–Crippen LogP) is 3.97. The minimum Gasteiger partial charge on any atom is -0.504 e. The molecular formula is C17H21NO3. The van der Waals surface area contributed by atoms with E-state index in [9.17, 15) is 5.11 Å². The fraction of sp³-hybridized carbons (Fsp3) is 0.294. The Morgan fingerprint density at radius 1 is 1.14 bits per heavy atom.